The fourth-order valence-corrected chi connectivity index (χ4v) is 4.10. The highest BCUT2D eigenvalue weighted by Crippen LogP contribution is 2.26. The second kappa shape index (κ2) is 9.20. The van der Waals surface area contributed by atoms with Crippen molar-refractivity contribution in [3.05, 3.63) is 70.3 Å². The number of nitrogens with one attached hydrogen (secondary N) is 2. The van der Waals surface area contributed by atoms with Gasteiger partial charge >= 0.3 is 6.03 Å². The Kier molecular flexibility index (Phi) is 6.21. The van der Waals surface area contributed by atoms with Crippen LogP contribution in [0.1, 0.15) is 38.2 Å². The zero-order valence-electron chi connectivity index (χ0n) is 17.5. The Bertz CT molecular complexity index is 1120. The van der Waals surface area contributed by atoms with Gasteiger partial charge in [-0.25, -0.2) is 9.18 Å². The van der Waals surface area contributed by atoms with Crippen LogP contribution in [0.25, 0.3) is 10.9 Å². The van der Waals surface area contributed by atoms with Gasteiger partial charge < -0.3 is 19.9 Å². The van der Waals surface area contributed by atoms with E-state index >= 15 is 0 Å². The number of fused-ring (bicyclic) bond motifs is 1. The lowest BCUT2D eigenvalue weighted by atomic mass is 10.1. The zero-order valence-corrected chi connectivity index (χ0v) is 17.5. The number of aromatic nitrogens is 1. The summed E-state index contributed by atoms with van der Waals surface area (Å²) in [6, 6.07) is 12.8. The first-order valence-electron chi connectivity index (χ1n) is 10.7. The molecule has 162 valence electrons. The van der Waals surface area contributed by atoms with Gasteiger partial charge in [-0.15, -0.1) is 0 Å². The molecule has 0 spiro atoms. The summed E-state index contributed by atoms with van der Waals surface area (Å²) >= 11 is 0. The number of aromatic amines is 1. The van der Waals surface area contributed by atoms with E-state index in [1.807, 2.05) is 31.2 Å². The number of hydrogen-bond donors (Lipinski definition) is 2. The molecule has 1 saturated carbocycles. The van der Waals surface area contributed by atoms with E-state index in [4.69, 9.17) is 4.74 Å². The molecule has 0 bridgehead atoms. The van der Waals surface area contributed by atoms with Gasteiger partial charge in [0.1, 0.15) is 11.6 Å². The van der Waals surface area contributed by atoms with Crippen LogP contribution in [0, 0.1) is 5.82 Å². The maximum atomic E-state index is 13.2. The smallest absolute Gasteiger partial charge is 0.322 e. The Hall–Kier alpha value is -3.35. The molecule has 2 aromatic carbocycles. The van der Waals surface area contributed by atoms with E-state index in [2.05, 4.69) is 10.3 Å². The summed E-state index contributed by atoms with van der Waals surface area (Å²) in [5.41, 5.74) is 1.54. The molecule has 1 heterocycles. The van der Waals surface area contributed by atoms with Crippen molar-refractivity contribution in [3.8, 4) is 5.75 Å². The number of carbonyl (C=O) groups excluding carboxylic acids is 1. The minimum Gasteiger partial charge on any atom is -0.494 e. The quantitative estimate of drug-likeness (QED) is 0.583. The summed E-state index contributed by atoms with van der Waals surface area (Å²) in [7, 11) is 0. The van der Waals surface area contributed by atoms with Crippen LogP contribution in [0.2, 0.25) is 0 Å². The van der Waals surface area contributed by atoms with Gasteiger partial charge in [-0.1, -0.05) is 12.8 Å². The standard InChI is InChI=1S/C24H26FN3O3/c1-2-31-21-11-12-22-16(14-21)13-17(23(29)27-22)15-28(20-5-3-4-6-20)24(30)26-19-9-7-18(25)8-10-19/h7-14,20H,2-6,15H2,1H3,(H,26,30)(H,27,29). The number of urea groups is 1. The Morgan fingerprint density at radius 3 is 2.61 bits per heavy atom. The Morgan fingerprint density at radius 2 is 1.90 bits per heavy atom. The molecule has 0 aliphatic heterocycles. The first kappa shape index (κ1) is 20.9. The first-order chi connectivity index (χ1) is 15.0. The highest BCUT2D eigenvalue weighted by Gasteiger charge is 2.27. The van der Waals surface area contributed by atoms with Crippen LogP contribution in [-0.4, -0.2) is 28.6 Å². The van der Waals surface area contributed by atoms with Gasteiger partial charge in [0.05, 0.1) is 13.2 Å². The van der Waals surface area contributed by atoms with Gasteiger partial charge in [0, 0.05) is 28.2 Å². The fraction of sp³-hybridized carbons (Fsp3) is 0.333. The van der Waals surface area contributed by atoms with Crippen LogP contribution in [-0.2, 0) is 6.54 Å². The predicted molar refractivity (Wildman–Crippen MR) is 119 cm³/mol. The van der Waals surface area contributed by atoms with E-state index in [-0.39, 0.29) is 30.0 Å². The summed E-state index contributed by atoms with van der Waals surface area (Å²) in [4.78, 5) is 30.4. The molecule has 2 N–H and O–H groups in total. The number of benzene rings is 2. The summed E-state index contributed by atoms with van der Waals surface area (Å²) in [5.74, 6) is 0.370. The Balaban J connectivity index is 1.62. The van der Waals surface area contributed by atoms with Gasteiger partial charge in [0.15, 0.2) is 0 Å². The molecule has 0 radical (unpaired) electrons. The van der Waals surface area contributed by atoms with E-state index < -0.39 is 0 Å². The maximum absolute atomic E-state index is 13.2. The largest absolute Gasteiger partial charge is 0.494 e. The van der Waals surface area contributed by atoms with Crippen molar-refractivity contribution >= 4 is 22.6 Å². The van der Waals surface area contributed by atoms with Gasteiger partial charge in [-0.3, -0.25) is 4.79 Å². The summed E-state index contributed by atoms with van der Waals surface area (Å²) in [5, 5.41) is 3.69. The molecule has 1 aliphatic rings. The number of ether oxygens (including phenoxy) is 1. The normalized spacial score (nSPS) is 14.0. The van der Waals surface area contributed by atoms with Crippen molar-refractivity contribution in [2.75, 3.05) is 11.9 Å². The highest BCUT2D eigenvalue weighted by molar-refractivity contribution is 5.89. The topological polar surface area (TPSA) is 74.4 Å². The third-order valence-electron chi connectivity index (χ3n) is 5.67. The number of pyridine rings is 1. The van der Waals surface area contributed by atoms with Crippen molar-refractivity contribution in [1.29, 1.82) is 0 Å². The number of rotatable bonds is 6. The van der Waals surface area contributed by atoms with E-state index in [0.717, 1.165) is 42.3 Å². The molecule has 1 aliphatic carbocycles. The minimum absolute atomic E-state index is 0.0605. The number of H-pyrrole nitrogens is 1. The average Bonchev–Trinajstić information content (AvgIpc) is 3.28. The Morgan fingerprint density at radius 1 is 1.16 bits per heavy atom. The van der Waals surface area contributed by atoms with E-state index in [1.165, 1.54) is 24.3 Å². The Labute approximate surface area is 180 Å². The second-order valence-corrected chi connectivity index (χ2v) is 7.81. The highest BCUT2D eigenvalue weighted by atomic mass is 19.1. The summed E-state index contributed by atoms with van der Waals surface area (Å²) < 4.78 is 18.8. The molecule has 7 heteroatoms. The molecule has 1 aromatic heterocycles. The van der Waals surface area contributed by atoms with Crippen LogP contribution in [0.3, 0.4) is 0 Å². The lowest BCUT2D eigenvalue weighted by Crippen LogP contribution is -2.42. The lowest BCUT2D eigenvalue weighted by Gasteiger charge is -2.29. The monoisotopic (exact) mass is 423 g/mol. The molecule has 0 atom stereocenters. The number of anilines is 1. The average molecular weight is 423 g/mol. The van der Waals surface area contributed by atoms with Crippen LogP contribution in [0.4, 0.5) is 14.9 Å². The van der Waals surface area contributed by atoms with Crippen molar-refractivity contribution in [1.82, 2.24) is 9.88 Å². The summed E-state index contributed by atoms with van der Waals surface area (Å²) in [6.45, 7) is 2.67. The molecule has 0 saturated heterocycles. The third-order valence-corrected chi connectivity index (χ3v) is 5.67. The zero-order chi connectivity index (χ0) is 21.8. The third kappa shape index (κ3) is 4.87. The molecule has 1 fully saturated rings. The SMILES string of the molecule is CCOc1ccc2[nH]c(=O)c(CN(C(=O)Nc3ccc(F)cc3)C3CCCC3)cc2c1. The van der Waals surface area contributed by atoms with E-state index in [0.29, 0.717) is 17.9 Å². The number of carbonyl (C=O) groups is 1. The number of halogens is 1. The number of amides is 2. The van der Waals surface area contributed by atoms with Crippen LogP contribution >= 0.6 is 0 Å². The van der Waals surface area contributed by atoms with Crippen molar-refractivity contribution in [2.24, 2.45) is 0 Å². The predicted octanol–water partition coefficient (Wildman–Crippen LogP) is 5.04. The van der Waals surface area contributed by atoms with Crippen molar-refractivity contribution in [2.45, 2.75) is 45.2 Å². The van der Waals surface area contributed by atoms with E-state index in [1.54, 1.807) is 4.90 Å². The van der Waals surface area contributed by atoms with Crippen LogP contribution in [0.15, 0.2) is 53.3 Å². The summed E-state index contributed by atoms with van der Waals surface area (Å²) in [6.07, 6.45) is 3.90. The van der Waals surface area contributed by atoms with Gasteiger partial charge in [-0.2, -0.15) is 0 Å². The fourth-order valence-electron chi connectivity index (χ4n) is 4.10. The lowest BCUT2D eigenvalue weighted by molar-refractivity contribution is 0.184. The van der Waals surface area contributed by atoms with Gasteiger partial charge in [0.25, 0.3) is 5.56 Å². The van der Waals surface area contributed by atoms with Gasteiger partial charge in [0.2, 0.25) is 0 Å². The van der Waals surface area contributed by atoms with E-state index in [9.17, 15) is 14.0 Å². The molecule has 31 heavy (non-hydrogen) atoms. The maximum Gasteiger partial charge on any atom is 0.322 e. The number of hydrogen-bond acceptors (Lipinski definition) is 3. The molecule has 3 aromatic rings. The molecule has 4 rings (SSSR count). The second-order valence-electron chi connectivity index (χ2n) is 7.81. The molecular weight excluding hydrogens is 397 g/mol. The molecule has 6 nitrogen and oxygen atoms in total. The van der Waals surface area contributed by atoms with Gasteiger partial charge in [-0.05, 0) is 68.3 Å². The molecule has 0 unspecified atom stereocenters. The van der Waals surface area contributed by atoms with Crippen LogP contribution < -0.4 is 15.6 Å². The van der Waals surface area contributed by atoms with Crippen molar-refractivity contribution < 1.29 is 13.9 Å². The number of nitrogens with zero attached hydrogens (tertiary/aromatic N) is 1. The van der Waals surface area contributed by atoms with Crippen LogP contribution in [0.5, 0.6) is 5.75 Å². The first-order valence-corrected chi connectivity index (χ1v) is 10.7. The molecular formula is C24H26FN3O3. The molecule has 2 amide bonds. The minimum atomic E-state index is -0.361. The van der Waals surface area contributed by atoms with Crippen molar-refractivity contribution in [3.63, 3.8) is 0 Å².